The molecule has 0 bridgehead atoms. The average Bonchev–Trinajstić information content (AvgIpc) is 3.08. The maximum atomic E-state index is 12.6. The van der Waals surface area contributed by atoms with Crippen molar-refractivity contribution in [3.63, 3.8) is 0 Å². The predicted molar refractivity (Wildman–Crippen MR) is 99.8 cm³/mol. The van der Waals surface area contributed by atoms with Gasteiger partial charge in [0, 0.05) is 18.1 Å². The van der Waals surface area contributed by atoms with Crippen LogP contribution in [0.3, 0.4) is 0 Å². The summed E-state index contributed by atoms with van der Waals surface area (Å²) in [4.78, 5) is 17.0. The van der Waals surface area contributed by atoms with E-state index < -0.39 is 0 Å². The van der Waals surface area contributed by atoms with Crippen LogP contribution >= 0.6 is 0 Å². The Labute approximate surface area is 145 Å². The summed E-state index contributed by atoms with van der Waals surface area (Å²) in [6.07, 6.45) is 3.61. The Morgan fingerprint density at radius 1 is 0.960 bits per heavy atom. The van der Waals surface area contributed by atoms with E-state index in [4.69, 9.17) is 0 Å². The number of nitrogens with zero attached hydrogens (tertiary/aromatic N) is 2. The molecule has 0 saturated heterocycles. The first-order valence-corrected chi connectivity index (χ1v) is 8.12. The summed E-state index contributed by atoms with van der Waals surface area (Å²) in [6, 6.07) is 21.9. The maximum Gasteiger partial charge on any atom is 0.275 e. The van der Waals surface area contributed by atoms with E-state index in [1.165, 1.54) is 0 Å². The Hall–Kier alpha value is -3.40. The van der Waals surface area contributed by atoms with Crippen molar-refractivity contribution in [3.05, 3.63) is 90.4 Å². The number of anilines is 1. The molecule has 25 heavy (non-hydrogen) atoms. The summed E-state index contributed by atoms with van der Waals surface area (Å²) >= 11 is 0. The number of rotatable bonds is 3. The molecule has 1 N–H and O–H groups in total. The third-order valence-electron chi connectivity index (χ3n) is 4.19. The summed E-state index contributed by atoms with van der Waals surface area (Å²) in [5.41, 5.74) is 5.14. The number of pyridine rings is 1. The Kier molecular flexibility index (Phi) is 3.78. The molecule has 0 aliphatic carbocycles. The van der Waals surface area contributed by atoms with Crippen LogP contribution in [0, 0.1) is 6.92 Å². The van der Waals surface area contributed by atoms with Crippen molar-refractivity contribution in [3.8, 4) is 11.1 Å². The molecule has 0 aliphatic rings. The average molecular weight is 327 g/mol. The van der Waals surface area contributed by atoms with Crippen LogP contribution in [0.15, 0.2) is 79.1 Å². The molecule has 0 unspecified atom stereocenters. The molecule has 0 radical (unpaired) electrons. The molecule has 4 aromatic rings. The molecule has 1 amide bonds. The van der Waals surface area contributed by atoms with Crippen LogP contribution in [0.4, 0.5) is 5.69 Å². The summed E-state index contributed by atoms with van der Waals surface area (Å²) in [7, 11) is 0. The van der Waals surface area contributed by atoms with Crippen molar-refractivity contribution in [1.29, 1.82) is 0 Å². The summed E-state index contributed by atoms with van der Waals surface area (Å²) in [6.45, 7) is 1.98. The van der Waals surface area contributed by atoms with Gasteiger partial charge in [-0.25, -0.2) is 4.98 Å². The number of nitrogens with one attached hydrogen (secondary N) is 1. The van der Waals surface area contributed by atoms with Gasteiger partial charge in [0.1, 0.15) is 11.3 Å². The van der Waals surface area contributed by atoms with Crippen LogP contribution in [-0.4, -0.2) is 15.3 Å². The van der Waals surface area contributed by atoms with Gasteiger partial charge in [0.05, 0.1) is 0 Å². The highest BCUT2D eigenvalue weighted by Crippen LogP contribution is 2.25. The largest absolute Gasteiger partial charge is 0.320 e. The van der Waals surface area contributed by atoms with Crippen LogP contribution in [0.1, 0.15) is 16.1 Å². The Morgan fingerprint density at radius 2 is 1.76 bits per heavy atom. The quantitative estimate of drug-likeness (QED) is 0.599. The van der Waals surface area contributed by atoms with Gasteiger partial charge in [0.15, 0.2) is 0 Å². The molecule has 2 aromatic carbocycles. The minimum atomic E-state index is -0.211. The second-order valence-electron chi connectivity index (χ2n) is 5.94. The lowest BCUT2D eigenvalue weighted by Crippen LogP contribution is -2.13. The van der Waals surface area contributed by atoms with Crippen molar-refractivity contribution in [2.24, 2.45) is 0 Å². The summed E-state index contributed by atoms with van der Waals surface area (Å²) in [5.74, 6) is -0.211. The molecule has 0 aliphatic heterocycles. The molecule has 4 rings (SSSR count). The second kappa shape index (κ2) is 6.24. The van der Waals surface area contributed by atoms with Crippen LogP contribution in [0.5, 0.6) is 0 Å². The smallest absolute Gasteiger partial charge is 0.275 e. The van der Waals surface area contributed by atoms with Crippen LogP contribution < -0.4 is 5.32 Å². The molecule has 0 fully saturated rings. The maximum absolute atomic E-state index is 12.6. The highest BCUT2D eigenvalue weighted by atomic mass is 16.1. The first-order valence-electron chi connectivity index (χ1n) is 8.12. The highest BCUT2D eigenvalue weighted by molar-refractivity contribution is 6.04. The number of carbonyl (C=O) groups is 1. The van der Waals surface area contributed by atoms with E-state index in [2.05, 4.69) is 28.5 Å². The first-order chi connectivity index (χ1) is 12.2. The number of fused-ring (bicyclic) bond motifs is 1. The van der Waals surface area contributed by atoms with Crippen LogP contribution in [-0.2, 0) is 0 Å². The minimum Gasteiger partial charge on any atom is -0.320 e. The predicted octanol–water partition coefficient (Wildman–Crippen LogP) is 4.56. The van der Waals surface area contributed by atoms with Gasteiger partial charge in [-0.1, -0.05) is 48.5 Å². The van der Waals surface area contributed by atoms with Crippen LogP contribution in [0.25, 0.3) is 16.8 Å². The summed E-state index contributed by atoms with van der Waals surface area (Å²) in [5, 5.41) is 2.98. The molecule has 0 spiro atoms. The van der Waals surface area contributed by atoms with E-state index in [-0.39, 0.29) is 5.91 Å². The van der Waals surface area contributed by atoms with E-state index in [1.54, 1.807) is 6.20 Å². The highest BCUT2D eigenvalue weighted by Gasteiger charge is 2.12. The Morgan fingerprint density at radius 3 is 2.56 bits per heavy atom. The number of carbonyl (C=O) groups excluding carboxylic acids is 1. The SMILES string of the molecule is Cc1ccc(-c2ccccc2)cc1NC(=O)c1cn2ccccc2n1. The van der Waals surface area contributed by atoms with Crippen molar-refractivity contribution in [2.75, 3.05) is 5.32 Å². The fourth-order valence-corrected chi connectivity index (χ4v) is 2.80. The fourth-order valence-electron chi connectivity index (χ4n) is 2.80. The first kappa shape index (κ1) is 15.1. The van der Waals surface area contributed by atoms with Gasteiger partial charge in [0.25, 0.3) is 5.91 Å². The number of aromatic nitrogens is 2. The van der Waals surface area contributed by atoms with E-state index in [0.717, 1.165) is 28.0 Å². The standard InChI is InChI=1S/C21H17N3O/c1-15-10-11-17(16-7-3-2-4-8-16)13-18(15)23-21(25)19-14-24-12-6-5-9-20(24)22-19/h2-14H,1H3,(H,23,25). The van der Waals surface area contributed by atoms with Gasteiger partial charge >= 0.3 is 0 Å². The van der Waals surface area contributed by atoms with Gasteiger partial charge in [-0.3, -0.25) is 4.79 Å². The normalized spacial score (nSPS) is 10.8. The fraction of sp³-hybridized carbons (Fsp3) is 0.0476. The van der Waals surface area contributed by atoms with Crippen molar-refractivity contribution >= 4 is 17.2 Å². The molecule has 0 atom stereocenters. The second-order valence-corrected chi connectivity index (χ2v) is 5.94. The van der Waals surface area contributed by atoms with Crippen molar-refractivity contribution in [1.82, 2.24) is 9.38 Å². The molecule has 4 nitrogen and oxygen atoms in total. The Bertz CT molecular complexity index is 1020. The monoisotopic (exact) mass is 327 g/mol. The van der Waals surface area contributed by atoms with Crippen LogP contribution in [0.2, 0.25) is 0 Å². The van der Waals surface area contributed by atoms with Crippen molar-refractivity contribution in [2.45, 2.75) is 6.92 Å². The third-order valence-corrected chi connectivity index (χ3v) is 4.19. The lowest BCUT2D eigenvalue weighted by Gasteiger charge is -2.10. The molecular weight excluding hydrogens is 310 g/mol. The number of benzene rings is 2. The lowest BCUT2D eigenvalue weighted by molar-refractivity contribution is 0.102. The number of aryl methyl sites for hydroxylation is 1. The lowest BCUT2D eigenvalue weighted by atomic mass is 10.0. The van der Waals surface area contributed by atoms with Gasteiger partial charge in [-0.15, -0.1) is 0 Å². The van der Waals surface area contributed by atoms with Gasteiger partial charge in [-0.2, -0.15) is 0 Å². The third kappa shape index (κ3) is 3.02. The minimum absolute atomic E-state index is 0.211. The zero-order valence-corrected chi connectivity index (χ0v) is 13.8. The van der Waals surface area contributed by atoms with Gasteiger partial charge < -0.3 is 9.72 Å². The molecular formula is C21H17N3O. The molecule has 4 heteroatoms. The van der Waals surface area contributed by atoms with Crippen molar-refractivity contribution < 1.29 is 4.79 Å². The number of amides is 1. The molecule has 122 valence electrons. The zero-order valence-electron chi connectivity index (χ0n) is 13.8. The van der Waals surface area contributed by atoms with Gasteiger partial charge in [-0.05, 0) is 41.8 Å². The van der Waals surface area contributed by atoms with E-state index in [0.29, 0.717) is 5.69 Å². The zero-order chi connectivity index (χ0) is 17.2. The summed E-state index contributed by atoms with van der Waals surface area (Å²) < 4.78 is 1.84. The molecule has 2 aromatic heterocycles. The topological polar surface area (TPSA) is 46.4 Å². The molecule has 0 saturated carbocycles. The Balaban J connectivity index is 1.64. The van der Waals surface area contributed by atoms with E-state index in [9.17, 15) is 4.79 Å². The number of hydrogen-bond acceptors (Lipinski definition) is 2. The number of hydrogen-bond donors (Lipinski definition) is 1. The van der Waals surface area contributed by atoms with Gasteiger partial charge in [0.2, 0.25) is 0 Å². The number of imidazole rings is 1. The van der Waals surface area contributed by atoms with E-state index in [1.807, 2.05) is 66.1 Å². The van der Waals surface area contributed by atoms with E-state index >= 15 is 0 Å². The molecule has 2 heterocycles.